The van der Waals surface area contributed by atoms with Gasteiger partial charge in [-0.1, -0.05) is 42.1 Å². The molecule has 2 aromatic heterocycles. The van der Waals surface area contributed by atoms with Crippen molar-refractivity contribution in [2.45, 2.75) is 5.16 Å². The number of nitrogens with zero attached hydrogens (tertiary/aromatic N) is 2. The van der Waals surface area contributed by atoms with Gasteiger partial charge < -0.3 is 5.32 Å². The summed E-state index contributed by atoms with van der Waals surface area (Å²) in [5, 5.41) is 5.28. The molecule has 2 heterocycles. The number of nitrogens with one attached hydrogen (secondary N) is 1. The van der Waals surface area contributed by atoms with Crippen LogP contribution in [-0.2, 0) is 0 Å². The largest absolute Gasteiger partial charge is 0.365 e. The Hall–Kier alpha value is -1.85. The summed E-state index contributed by atoms with van der Waals surface area (Å²) in [6.07, 6.45) is 3.69. The van der Waals surface area contributed by atoms with E-state index in [9.17, 15) is 0 Å². The molecule has 21 heavy (non-hydrogen) atoms. The number of thiophene rings is 1. The van der Waals surface area contributed by atoms with Gasteiger partial charge >= 0.3 is 0 Å². The summed E-state index contributed by atoms with van der Waals surface area (Å²) in [5.41, 5.74) is 1.02. The molecule has 0 fully saturated rings. The third kappa shape index (κ3) is 2.80. The van der Waals surface area contributed by atoms with Gasteiger partial charge in [-0.05, 0) is 6.07 Å². The monoisotopic (exact) mass is 313 g/mol. The van der Waals surface area contributed by atoms with Crippen molar-refractivity contribution in [3.05, 3.63) is 49.6 Å². The lowest BCUT2D eigenvalue weighted by Gasteiger charge is -2.06. The van der Waals surface area contributed by atoms with Crippen LogP contribution < -0.4 is 5.32 Å². The highest BCUT2D eigenvalue weighted by atomic mass is 32.2. The van der Waals surface area contributed by atoms with Gasteiger partial charge in [0.25, 0.3) is 0 Å². The van der Waals surface area contributed by atoms with Crippen molar-refractivity contribution in [3.63, 3.8) is 0 Å². The van der Waals surface area contributed by atoms with E-state index >= 15 is 0 Å². The third-order valence-electron chi connectivity index (χ3n) is 2.94. The van der Waals surface area contributed by atoms with E-state index in [1.165, 1.54) is 10.1 Å². The summed E-state index contributed by atoms with van der Waals surface area (Å²) < 4.78 is 2.33. The molecule has 0 bridgehead atoms. The Labute approximate surface area is 131 Å². The summed E-state index contributed by atoms with van der Waals surface area (Å²) in [5.74, 6) is 1.68. The first kappa shape index (κ1) is 14.1. The van der Waals surface area contributed by atoms with Gasteiger partial charge in [-0.25, -0.2) is 9.97 Å². The predicted molar refractivity (Wildman–Crippen MR) is 94.5 cm³/mol. The molecule has 0 saturated heterocycles. The average Bonchev–Trinajstić information content (AvgIpc) is 2.89. The molecule has 3 nitrogen and oxygen atoms in total. The summed E-state index contributed by atoms with van der Waals surface area (Å²) in [6, 6.07) is 8.33. The van der Waals surface area contributed by atoms with Crippen LogP contribution in [-0.4, -0.2) is 22.3 Å². The van der Waals surface area contributed by atoms with Crippen molar-refractivity contribution in [2.75, 3.05) is 17.6 Å². The lowest BCUT2D eigenvalue weighted by atomic mass is 10.2. The molecular formula is C16H15N3S2. The maximum atomic E-state index is 4.72. The van der Waals surface area contributed by atoms with Crippen LogP contribution in [0.3, 0.4) is 0 Å². The minimum absolute atomic E-state index is 0.686. The van der Waals surface area contributed by atoms with Crippen molar-refractivity contribution in [3.8, 4) is 0 Å². The second kappa shape index (κ2) is 6.28. The molecule has 1 aromatic carbocycles. The molecule has 0 spiro atoms. The Balaban J connectivity index is 2.20. The molecule has 0 aliphatic heterocycles. The SMILES string of the molecule is C=CCNc1nc(SCC=C)nc2c1sc1ccccc12. The molecule has 3 rings (SSSR count). The molecule has 0 amide bonds. The number of fused-ring (bicyclic) bond motifs is 3. The minimum Gasteiger partial charge on any atom is -0.365 e. The molecule has 0 atom stereocenters. The van der Waals surface area contributed by atoms with E-state index in [0.29, 0.717) is 6.54 Å². The molecule has 0 aliphatic rings. The molecule has 0 radical (unpaired) electrons. The highest BCUT2D eigenvalue weighted by molar-refractivity contribution is 7.99. The van der Waals surface area contributed by atoms with Crippen LogP contribution in [0, 0.1) is 0 Å². The van der Waals surface area contributed by atoms with Crippen molar-refractivity contribution in [1.29, 1.82) is 0 Å². The van der Waals surface area contributed by atoms with Crippen LogP contribution in [0.2, 0.25) is 0 Å². The molecule has 5 heteroatoms. The number of anilines is 1. The number of aromatic nitrogens is 2. The summed E-state index contributed by atoms with van der Waals surface area (Å²) >= 11 is 3.31. The Kier molecular flexibility index (Phi) is 4.22. The Morgan fingerprint density at radius 3 is 2.86 bits per heavy atom. The van der Waals surface area contributed by atoms with Crippen LogP contribution in [0.5, 0.6) is 0 Å². The quantitative estimate of drug-likeness (QED) is 0.406. The maximum absolute atomic E-state index is 4.72. The highest BCUT2D eigenvalue weighted by Crippen LogP contribution is 2.37. The van der Waals surface area contributed by atoms with Crippen LogP contribution in [0.15, 0.2) is 54.7 Å². The van der Waals surface area contributed by atoms with Crippen molar-refractivity contribution in [2.24, 2.45) is 0 Å². The van der Waals surface area contributed by atoms with E-state index in [1.807, 2.05) is 18.2 Å². The van der Waals surface area contributed by atoms with Gasteiger partial charge in [0.1, 0.15) is 5.82 Å². The van der Waals surface area contributed by atoms with Gasteiger partial charge in [0.15, 0.2) is 5.16 Å². The topological polar surface area (TPSA) is 37.8 Å². The average molecular weight is 313 g/mol. The standard InChI is InChI=1S/C16H15N3S2/c1-3-9-17-15-14-13(18-16(19-15)20-10-4-2)11-7-5-6-8-12(11)21-14/h3-8H,1-2,9-10H2,(H,17,18,19). The van der Waals surface area contributed by atoms with Crippen molar-refractivity contribution in [1.82, 2.24) is 9.97 Å². The second-order valence-electron chi connectivity index (χ2n) is 4.40. The van der Waals surface area contributed by atoms with E-state index in [0.717, 1.165) is 26.9 Å². The lowest BCUT2D eigenvalue weighted by Crippen LogP contribution is -2.02. The van der Waals surface area contributed by atoms with Gasteiger partial charge in [-0.2, -0.15) is 0 Å². The molecule has 3 aromatic rings. The van der Waals surface area contributed by atoms with Crippen LogP contribution >= 0.6 is 23.1 Å². The summed E-state index contributed by atoms with van der Waals surface area (Å²) in [7, 11) is 0. The van der Waals surface area contributed by atoms with E-state index in [2.05, 4.69) is 41.7 Å². The molecule has 106 valence electrons. The predicted octanol–water partition coefficient (Wildman–Crippen LogP) is 4.72. The Bertz CT molecular complexity index is 808. The van der Waals surface area contributed by atoms with Crippen LogP contribution in [0.25, 0.3) is 20.3 Å². The van der Waals surface area contributed by atoms with Gasteiger partial charge in [0, 0.05) is 22.4 Å². The van der Waals surface area contributed by atoms with Gasteiger partial charge in [-0.3, -0.25) is 0 Å². The fraction of sp³-hybridized carbons (Fsp3) is 0.125. The van der Waals surface area contributed by atoms with Gasteiger partial charge in [0.2, 0.25) is 0 Å². The van der Waals surface area contributed by atoms with Crippen LogP contribution in [0.1, 0.15) is 0 Å². The number of hydrogen-bond acceptors (Lipinski definition) is 5. The van der Waals surface area contributed by atoms with E-state index in [1.54, 1.807) is 23.1 Å². The molecular weight excluding hydrogens is 298 g/mol. The van der Waals surface area contributed by atoms with E-state index in [-0.39, 0.29) is 0 Å². The maximum Gasteiger partial charge on any atom is 0.190 e. The van der Waals surface area contributed by atoms with Gasteiger partial charge in [-0.15, -0.1) is 24.5 Å². The van der Waals surface area contributed by atoms with Gasteiger partial charge in [0.05, 0.1) is 10.2 Å². The molecule has 0 saturated carbocycles. The number of thioether (sulfide) groups is 1. The van der Waals surface area contributed by atoms with E-state index < -0.39 is 0 Å². The Morgan fingerprint density at radius 2 is 2.05 bits per heavy atom. The molecule has 0 unspecified atom stereocenters. The first-order valence-corrected chi connectivity index (χ1v) is 8.41. The third-order valence-corrected chi connectivity index (χ3v) is 4.95. The van der Waals surface area contributed by atoms with Crippen molar-refractivity contribution < 1.29 is 0 Å². The zero-order chi connectivity index (χ0) is 14.7. The number of hydrogen-bond donors (Lipinski definition) is 1. The highest BCUT2D eigenvalue weighted by Gasteiger charge is 2.13. The van der Waals surface area contributed by atoms with Crippen molar-refractivity contribution >= 4 is 49.2 Å². The fourth-order valence-electron chi connectivity index (χ4n) is 2.06. The normalized spacial score (nSPS) is 10.9. The second-order valence-corrected chi connectivity index (χ2v) is 6.44. The summed E-state index contributed by atoms with van der Waals surface area (Å²) in [6.45, 7) is 8.18. The zero-order valence-electron chi connectivity index (χ0n) is 11.5. The van der Waals surface area contributed by atoms with Crippen LogP contribution in [0.4, 0.5) is 5.82 Å². The molecule has 0 aliphatic carbocycles. The zero-order valence-corrected chi connectivity index (χ0v) is 13.1. The first-order valence-electron chi connectivity index (χ1n) is 6.61. The Morgan fingerprint density at radius 1 is 1.19 bits per heavy atom. The van der Waals surface area contributed by atoms with E-state index in [4.69, 9.17) is 4.98 Å². The molecule has 1 N–H and O–H groups in total. The minimum atomic E-state index is 0.686. The fourth-order valence-corrected chi connectivity index (χ4v) is 3.74. The smallest absolute Gasteiger partial charge is 0.190 e. The number of rotatable bonds is 6. The lowest BCUT2D eigenvalue weighted by molar-refractivity contribution is 1.01. The number of benzene rings is 1. The first-order chi connectivity index (χ1) is 10.3. The summed E-state index contributed by atoms with van der Waals surface area (Å²) in [4.78, 5) is 9.35.